The number of aliphatic imine (C=N–C) groups is 1. The van der Waals surface area contributed by atoms with Gasteiger partial charge in [0, 0.05) is 74.2 Å². The Hall–Kier alpha value is -4.00. The first-order chi connectivity index (χ1) is 23.8. The van der Waals surface area contributed by atoms with Crippen LogP contribution in [0.5, 0.6) is 6.01 Å². The molecule has 7 rings (SSSR count). The SMILES string of the molecule is C=Nc1sc2c(F)c(F)cc(-c3ncc4c(N(C)CC5(N(C)C)CCC5)nc(OCC5(CN6CCC(F)(F)CC6)CC5)nc4c3F)c2c1C#N. The number of hydrogen-bond acceptors (Lipinski definition) is 10. The van der Waals surface area contributed by atoms with Gasteiger partial charge < -0.3 is 19.4 Å². The summed E-state index contributed by atoms with van der Waals surface area (Å²) in [6.45, 7) is 5.47. The smallest absolute Gasteiger partial charge is 0.319 e. The Morgan fingerprint density at radius 1 is 1.06 bits per heavy atom. The standard InChI is InChI=1S/C35H37F5N8OS/c1-42-31-21(15-41)24-20(14-23(36)25(37)29(24)50-31)27-26(38)28-22(16-43-27)30(47(4)18-34(46(2)3)6-5-7-34)45-32(44-28)49-19-33(8-9-33)17-48-12-10-35(39,40)11-13-48/h14,16H,1,5-13,17-19H2,2-4H3. The van der Waals surface area contributed by atoms with Gasteiger partial charge in [-0.1, -0.05) is 0 Å². The van der Waals surface area contributed by atoms with Crippen molar-refractivity contribution >= 4 is 49.9 Å². The van der Waals surface area contributed by atoms with Gasteiger partial charge in [-0.2, -0.15) is 15.2 Å². The summed E-state index contributed by atoms with van der Waals surface area (Å²) < 4.78 is 80.3. The van der Waals surface area contributed by atoms with Crippen LogP contribution in [0.4, 0.5) is 32.8 Å². The number of nitrogens with zero attached hydrogens (tertiary/aromatic N) is 8. The van der Waals surface area contributed by atoms with E-state index in [1.807, 2.05) is 37.0 Å². The number of likely N-dealkylation sites (tertiary alicyclic amines) is 1. The number of pyridine rings is 1. The van der Waals surface area contributed by atoms with Gasteiger partial charge in [-0.3, -0.25) is 9.98 Å². The van der Waals surface area contributed by atoms with Crippen LogP contribution in [0.25, 0.3) is 32.2 Å². The van der Waals surface area contributed by atoms with Crippen LogP contribution in [0.15, 0.2) is 17.3 Å². The van der Waals surface area contributed by atoms with Gasteiger partial charge in [0.1, 0.15) is 28.1 Å². The third-order valence-electron chi connectivity index (χ3n) is 10.7. The van der Waals surface area contributed by atoms with Gasteiger partial charge in [-0.15, -0.1) is 11.3 Å². The lowest BCUT2D eigenvalue weighted by atomic mass is 9.75. The number of fused-ring (bicyclic) bond motifs is 2. The van der Waals surface area contributed by atoms with Gasteiger partial charge in [-0.05, 0) is 59.0 Å². The summed E-state index contributed by atoms with van der Waals surface area (Å²) in [6.07, 6.45) is 5.80. The molecule has 0 bridgehead atoms. The summed E-state index contributed by atoms with van der Waals surface area (Å²) in [5, 5.41) is 10.3. The van der Waals surface area contributed by atoms with Gasteiger partial charge in [0.2, 0.25) is 0 Å². The number of thiophene rings is 1. The van der Waals surface area contributed by atoms with E-state index in [2.05, 4.69) is 26.6 Å². The number of piperidine rings is 1. The third kappa shape index (κ3) is 6.05. The second kappa shape index (κ2) is 12.6. The summed E-state index contributed by atoms with van der Waals surface area (Å²) in [6, 6.07) is 2.73. The number of alkyl halides is 2. The summed E-state index contributed by atoms with van der Waals surface area (Å²) in [4.78, 5) is 23.6. The maximum Gasteiger partial charge on any atom is 0.319 e. The number of ether oxygens (including phenoxy) is 1. The number of hydrogen-bond donors (Lipinski definition) is 0. The number of nitriles is 1. The molecule has 1 saturated heterocycles. The monoisotopic (exact) mass is 712 g/mol. The van der Waals surface area contributed by atoms with Crippen LogP contribution in [-0.2, 0) is 0 Å². The third-order valence-corrected chi connectivity index (χ3v) is 11.8. The van der Waals surface area contributed by atoms with E-state index >= 15 is 4.39 Å². The molecule has 0 N–H and O–H groups in total. The predicted molar refractivity (Wildman–Crippen MR) is 183 cm³/mol. The number of rotatable bonds is 11. The molecular formula is C35H37F5N8OS. The number of halogens is 5. The van der Waals surface area contributed by atoms with Gasteiger partial charge in [0.05, 0.1) is 22.3 Å². The molecule has 0 amide bonds. The zero-order valence-corrected chi connectivity index (χ0v) is 28.9. The molecule has 0 spiro atoms. The van der Waals surface area contributed by atoms with E-state index < -0.39 is 23.4 Å². The molecule has 2 saturated carbocycles. The minimum atomic E-state index is -2.64. The van der Waals surface area contributed by atoms with Crippen molar-refractivity contribution in [3.05, 3.63) is 35.3 Å². The number of likely N-dealkylation sites (N-methyl/N-ethyl adjacent to an activating group) is 2. The normalized spacial score (nSPS) is 19.4. The lowest BCUT2D eigenvalue weighted by Gasteiger charge is -2.49. The Labute approximate surface area is 290 Å². The predicted octanol–water partition coefficient (Wildman–Crippen LogP) is 7.34. The molecule has 3 fully saturated rings. The summed E-state index contributed by atoms with van der Waals surface area (Å²) in [7, 11) is 5.92. The van der Waals surface area contributed by atoms with Crippen LogP contribution in [0.3, 0.4) is 0 Å². The molecule has 0 unspecified atom stereocenters. The Kier molecular flexibility index (Phi) is 8.71. The Morgan fingerprint density at radius 3 is 2.38 bits per heavy atom. The van der Waals surface area contributed by atoms with E-state index in [1.54, 1.807) is 0 Å². The Balaban J connectivity index is 1.29. The number of benzene rings is 1. The number of aromatic nitrogens is 3. The summed E-state index contributed by atoms with van der Waals surface area (Å²) >= 11 is 0.745. The van der Waals surface area contributed by atoms with Crippen molar-refractivity contribution in [1.82, 2.24) is 24.8 Å². The average molecular weight is 713 g/mol. The Morgan fingerprint density at radius 2 is 1.78 bits per heavy atom. The van der Waals surface area contributed by atoms with E-state index in [0.717, 1.165) is 49.5 Å². The molecule has 50 heavy (non-hydrogen) atoms. The van der Waals surface area contributed by atoms with Gasteiger partial charge >= 0.3 is 6.01 Å². The van der Waals surface area contributed by atoms with Crippen LogP contribution in [0, 0.1) is 34.2 Å². The fourth-order valence-electron chi connectivity index (χ4n) is 7.27. The molecule has 1 aromatic carbocycles. The molecule has 4 aromatic rings. The molecule has 3 aliphatic rings. The topological polar surface area (TPSA) is 93.8 Å². The van der Waals surface area contributed by atoms with Crippen LogP contribution in [0.2, 0.25) is 0 Å². The molecule has 4 heterocycles. The minimum Gasteiger partial charge on any atom is -0.463 e. The largest absolute Gasteiger partial charge is 0.463 e. The van der Waals surface area contributed by atoms with E-state index in [1.165, 1.54) is 6.20 Å². The molecule has 3 aromatic heterocycles. The van der Waals surface area contributed by atoms with Gasteiger partial charge in [0.25, 0.3) is 5.92 Å². The molecule has 0 atom stereocenters. The van der Waals surface area contributed by atoms with Crippen molar-refractivity contribution in [3.8, 4) is 23.3 Å². The molecule has 9 nitrogen and oxygen atoms in total. The highest BCUT2D eigenvalue weighted by atomic mass is 32.1. The van der Waals surface area contributed by atoms with Crippen molar-refractivity contribution in [2.45, 2.75) is 56.4 Å². The van der Waals surface area contributed by atoms with Gasteiger partial charge in [-0.25, -0.2) is 22.0 Å². The van der Waals surface area contributed by atoms with Crippen LogP contribution in [0.1, 0.15) is 50.5 Å². The van der Waals surface area contributed by atoms with E-state index in [0.29, 0.717) is 37.4 Å². The quantitative estimate of drug-likeness (QED) is 0.118. The van der Waals surface area contributed by atoms with Crippen LogP contribution < -0.4 is 9.64 Å². The van der Waals surface area contributed by atoms with E-state index in [9.17, 15) is 22.8 Å². The van der Waals surface area contributed by atoms with Crippen molar-refractivity contribution in [3.63, 3.8) is 0 Å². The van der Waals surface area contributed by atoms with E-state index in [4.69, 9.17) is 9.72 Å². The van der Waals surface area contributed by atoms with Gasteiger partial charge in [0.15, 0.2) is 17.5 Å². The average Bonchev–Trinajstić information content (AvgIpc) is 3.73. The zero-order valence-electron chi connectivity index (χ0n) is 28.1. The molecule has 15 heteroatoms. The first-order valence-corrected chi connectivity index (χ1v) is 17.4. The first kappa shape index (κ1) is 34.4. The molecule has 1 aliphatic heterocycles. The number of anilines is 1. The second-order valence-electron chi connectivity index (χ2n) is 14.2. The molecule has 2 aliphatic carbocycles. The lowest BCUT2D eigenvalue weighted by molar-refractivity contribution is -0.0591. The van der Waals surface area contributed by atoms with Crippen molar-refractivity contribution in [2.24, 2.45) is 10.4 Å². The molecule has 0 radical (unpaired) electrons. The molecule has 264 valence electrons. The molecular weight excluding hydrogens is 675 g/mol. The van der Waals surface area contributed by atoms with Crippen molar-refractivity contribution in [1.29, 1.82) is 5.26 Å². The lowest BCUT2D eigenvalue weighted by Crippen LogP contribution is -2.56. The maximum atomic E-state index is 16.8. The zero-order chi connectivity index (χ0) is 35.6. The highest BCUT2D eigenvalue weighted by Crippen LogP contribution is 2.48. The van der Waals surface area contributed by atoms with Crippen LogP contribution in [-0.4, -0.2) is 96.9 Å². The highest BCUT2D eigenvalue weighted by Gasteiger charge is 2.47. The fourth-order valence-corrected chi connectivity index (χ4v) is 8.28. The van der Waals surface area contributed by atoms with Crippen molar-refractivity contribution < 1.29 is 26.7 Å². The maximum absolute atomic E-state index is 16.8. The second-order valence-corrected chi connectivity index (χ2v) is 15.2. The summed E-state index contributed by atoms with van der Waals surface area (Å²) in [5.74, 6) is -5.57. The van der Waals surface area contributed by atoms with E-state index in [-0.39, 0.29) is 73.8 Å². The minimum absolute atomic E-state index is 0.0171. The van der Waals surface area contributed by atoms with Crippen molar-refractivity contribution in [2.75, 3.05) is 58.8 Å². The Bertz CT molecular complexity index is 2030. The fraction of sp³-hybridized carbons (Fsp3) is 0.514. The highest BCUT2D eigenvalue weighted by molar-refractivity contribution is 7.23. The van der Waals surface area contributed by atoms with Crippen LogP contribution >= 0.6 is 11.3 Å². The summed E-state index contributed by atoms with van der Waals surface area (Å²) in [5.41, 5.74) is -1.00. The first-order valence-electron chi connectivity index (χ1n) is 16.6.